The van der Waals surface area contributed by atoms with E-state index < -0.39 is 0 Å². The maximum atomic E-state index is 12.9. The predicted molar refractivity (Wildman–Crippen MR) is 80.1 cm³/mol. The highest BCUT2D eigenvalue weighted by Gasteiger charge is 2.41. The second kappa shape index (κ2) is 6.06. The number of rotatable bonds is 5. The minimum atomic E-state index is -0.362. The van der Waals surface area contributed by atoms with Gasteiger partial charge in [-0.3, -0.25) is 4.79 Å². The quantitative estimate of drug-likeness (QED) is 0.900. The molecule has 2 N–H and O–H groups in total. The molecule has 0 bridgehead atoms. The minimum absolute atomic E-state index is 0.258. The second-order valence-electron chi connectivity index (χ2n) is 5.40. The highest BCUT2D eigenvalue weighted by Crippen LogP contribution is 2.38. The van der Waals surface area contributed by atoms with E-state index in [1.807, 2.05) is 0 Å². The smallest absolute Gasteiger partial charge is 0.230 e. The molecular formula is C15H24N2OS. The fourth-order valence-corrected chi connectivity index (χ4v) is 3.76. The highest BCUT2D eigenvalue weighted by atomic mass is 32.1. The first kappa shape index (κ1) is 14.5. The van der Waals surface area contributed by atoms with Crippen LogP contribution in [-0.4, -0.2) is 23.9 Å². The molecular weight excluding hydrogens is 256 g/mol. The number of likely N-dealkylation sites (tertiary alicyclic amines) is 1. The van der Waals surface area contributed by atoms with Gasteiger partial charge in [0.1, 0.15) is 0 Å². The van der Waals surface area contributed by atoms with E-state index in [4.69, 9.17) is 5.73 Å². The van der Waals surface area contributed by atoms with E-state index in [1.54, 1.807) is 11.3 Å². The minimum Gasteiger partial charge on any atom is -0.335 e. The summed E-state index contributed by atoms with van der Waals surface area (Å²) in [5.74, 6) is 0.258. The topological polar surface area (TPSA) is 46.3 Å². The monoisotopic (exact) mass is 280 g/mol. The van der Waals surface area contributed by atoms with Crippen molar-refractivity contribution >= 4 is 17.2 Å². The van der Waals surface area contributed by atoms with Crippen LogP contribution in [0.25, 0.3) is 0 Å². The van der Waals surface area contributed by atoms with Crippen LogP contribution in [0, 0.1) is 5.41 Å². The van der Waals surface area contributed by atoms with Gasteiger partial charge < -0.3 is 10.6 Å². The Morgan fingerprint density at radius 3 is 2.79 bits per heavy atom. The lowest BCUT2D eigenvalue weighted by Gasteiger charge is -2.36. The van der Waals surface area contributed by atoms with Crippen LogP contribution in [0.5, 0.6) is 0 Å². The third kappa shape index (κ3) is 2.56. The first-order valence-electron chi connectivity index (χ1n) is 7.21. The highest BCUT2D eigenvalue weighted by molar-refractivity contribution is 7.07. The SMILES string of the molecule is CCC(CC)(CN)C(=O)N1CCCC1c1ccsc1. The fraction of sp³-hybridized carbons (Fsp3) is 0.667. The van der Waals surface area contributed by atoms with Crippen molar-refractivity contribution in [1.29, 1.82) is 0 Å². The molecule has 0 aromatic carbocycles. The van der Waals surface area contributed by atoms with E-state index in [2.05, 4.69) is 35.6 Å². The summed E-state index contributed by atoms with van der Waals surface area (Å²) in [6, 6.07) is 2.41. The number of carbonyl (C=O) groups excluding carboxylic acids is 1. The van der Waals surface area contributed by atoms with Crippen molar-refractivity contribution in [3.8, 4) is 0 Å². The Labute approximate surface area is 119 Å². The van der Waals surface area contributed by atoms with Gasteiger partial charge >= 0.3 is 0 Å². The molecule has 3 nitrogen and oxygen atoms in total. The predicted octanol–water partition coefficient (Wildman–Crippen LogP) is 3.18. The van der Waals surface area contributed by atoms with Crippen molar-refractivity contribution < 1.29 is 4.79 Å². The van der Waals surface area contributed by atoms with Gasteiger partial charge in [-0.2, -0.15) is 11.3 Å². The van der Waals surface area contributed by atoms with Crippen molar-refractivity contribution in [3.05, 3.63) is 22.4 Å². The van der Waals surface area contributed by atoms with E-state index in [0.717, 1.165) is 32.2 Å². The average molecular weight is 280 g/mol. The van der Waals surface area contributed by atoms with Gasteiger partial charge in [0, 0.05) is 13.1 Å². The molecule has 1 aromatic rings. The Bertz CT molecular complexity index is 404. The first-order chi connectivity index (χ1) is 9.18. The van der Waals surface area contributed by atoms with Crippen LogP contribution in [0.3, 0.4) is 0 Å². The number of thiophene rings is 1. The lowest BCUT2D eigenvalue weighted by Crippen LogP contribution is -2.47. The summed E-state index contributed by atoms with van der Waals surface area (Å²) < 4.78 is 0. The molecule has 1 fully saturated rings. The average Bonchev–Trinajstić information content (AvgIpc) is 3.11. The first-order valence-corrected chi connectivity index (χ1v) is 8.16. The number of hydrogen-bond acceptors (Lipinski definition) is 3. The lowest BCUT2D eigenvalue weighted by atomic mass is 9.80. The zero-order chi connectivity index (χ0) is 13.9. The largest absolute Gasteiger partial charge is 0.335 e. The van der Waals surface area contributed by atoms with Crippen LogP contribution in [0.2, 0.25) is 0 Å². The molecule has 1 aromatic heterocycles. The van der Waals surface area contributed by atoms with Gasteiger partial charge in [0.2, 0.25) is 5.91 Å². The Hall–Kier alpha value is -0.870. The second-order valence-corrected chi connectivity index (χ2v) is 6.18. The Balaban J connectivity index is 2.22. The van der Waals surface area contributed by atoms with Crippen LogP contribution >= 0.6 is 11.3 Å². The number of hydrogen-bond donors (Lipinski definition) is 1. The molecule has 2 rings (SSSR count). The molecule has 106 valence electrons. The molecule has 0 aliphatic carbocycles. The third-order valence-electron chi connectivity index (χ3n) is 4.64. The van der Waals surface area contributed by atoms with E-state index in [1.165, 1.54) is 5.56 Å². The van der Waals surface area contributed by atoms with Gasteiger partial charge in [-0.15, -0.1) is 0 Å². The van der Waals surface area contributed by atoms with Crippen molar-refractivity contribution in [2.75, 3.05) is 13.1 Å². The third-order valence-corrected chi connectivity index (χ3v) is 5.34. The van der Waals surface area contributed by atoms with Crippen LogP contribution < -0.4 is 5.73 Å². The Morgan fingerprint density at radius 1 is 1.53 bits per heavy atom. The Kier molecular flexibility index (Phi) is 4.63. The van der Waals surface area contributed by atoms with Gasteiger partial charge in [0.25, 0.3) is 0 Å². The molecule has 0 radical (unpaired) electrons. The molecule has 4 heteroatoms. The zero-order valence-electron chi connectivity index (χ0n) is 11.9. The number of amides is 1. The maximum absolute atomic E-state index is 12.9. The maximum Gasteiger partial charge on any atom is 0.230 e. The molecule has 0 saturated carbocycles. The van der Waals surface area contributed by atoms with E-state index in [0.29, 0.717) is 6.54 Å². The van der Waals surface area contributed by atoms with Crippen molar-refractivity contribution in [2.45, 2.75) is 45.6 Å². The van der Waals surface area contributed by atoms with E-state index in [9.17, 15) is 4.79 Å². The molecule has 1 atom stereocenters. The van der Waals surface area contributed by atoms with Crippen LogP contribution in [0.15, 0.2) is 16.8 Å². The summed E-state index contributed by atoms with van der Waals surface area (Å²) in [5, 5.41) is 4.25. The standard InChI is InChI=1S/C15H24N2OS/c1-3-15(4-2,11-16)14(18)17-8-5-6-13(17)12-7-9-19-10-12/h7,9-10,13H,3-6,8,11,16H2,1-2H3. The fourth-order valence-electron chi connectivity index (χ4n) is 3.05. The summed E-state index contributed by atoms with van der Waals surface area (Å²) in [6.45, 7) is 5.47. The molecule has 1 amide bonds. The molecule has 1 aliphatic rings. The summed E-state index contributed by atoms with van der Waals surface area (Å²) >= 11 is 1.70. The van der Waals surface area contributed by atoms with Crippen LogP contribution in [-0.2, 0) is 4.79 Å². The summed E-state index contributed by atoms with van der Waals surface area (Å²) in [5.41, 5.74) is 6.84. The molecule has 1 aliphatic heterocycles. The van der Waals surface area contributed by atoms with Gasteiger partial charge in [-0.25, -0.2) is 0 Å². The van der Waals surface area contributed by atoms with Crippen molar-refractivity contribution in [1.82, 2.24) is 4.90 Å². The molecule has 1 unspecified atom stereocenters. The Morgan fingerprint density at radius 2 is 2.26 bits per heavy atom. The number of nitrogens with zero attached hydrogens (tertiary/aromatic N) is 1. The van der Waals surface area contributed by atoms with Crippen LogP contribution in [0.1, 0.15) is 51.1 Å². The van der Waals surface area contributed by atoms with E-state index in [-0.39, 0.29) is 17.4 Å². The van der Waals surface area contributed by atoms with Gasteiger partial charge in [0.05, 0.1) is 11.5 Å². The number of nitrogens with two attached hydrogens (primary N) is 1. The summed E-state index contributed by atoms with van der Waals surface area (Å²) in [6.07, 6.45) is 3.83. The van der Waals surface area contributed by atoms with Crippen LogP contribution in [0.4, 0.5) is 0 Å². The van der Waals surface area contributed by atoms with Gasteiger partial charge in [-0.05, 0) is 48.1 Å². The summed E-state index contributed by atoms with van der Waals surface area (Å²) in [7, 11) is 0. The zero-order valence-corrected chi connectivity index (χ0v) is 12.7. The summed E-state index contributed by atoms with van der Waals surface area (Å²) in [4.78, 5) is 15.0. The number of carbonyl (C=O) groups is 1. The van der Waals surface area contributed by atoms with Gasteiger partial charge in [0.15, 0.2) is 0 Å². The van der Waals surface area contributed by atoms with Crippen molar-refractivity contribution in [2.24, 2.45) is 11.1 Å². The van der Waals surface area contributed by atoms with Crippen molar-refractivity contribution in [3.63, 3.8) is 0 Å². The normalized spacial score (nSPS) is 19.9. The lowest BCUT2D eigenvalue weighted by molar-refractivity contribution is -0.143. The molecule has 0 spiro atoms. The van der Waals surface area contributed by atoms with Gasteiger partial charge in [-0.1, -0.05) is 13.8 Å². The molecule has 1 saturated heterocycles. The van der Waals surface area contributed by atoms with E-state index >= 15 is 0 Å². The molecule has 2 heterocycles. The molecule has 19 heavy (non-hydrogen) atoms.